The van der Waals surface area contributed by atoms with Crippen molar-refractivity contribution in [3.63, 3.8) is 0 Å². The van der Waals surface area contributed by atoms with Crippen molar-refractivity contribution in [2.24, 2.45) is 17.6 Å². The van der Waals surface area contributed by atoms with Gasteiger partial charge >= 0.3 is 0 Å². The number of benzene rings is 1. The topological polar surface area (TPSA) is 26.0 Å². The summed E-state index contributed by atoms with van der Waals surface area (Å²) >= 11 is 6.09. The molecular formula is C16H24ClN. The molecular weight excluding hydrogens is 242 g/mol. The molecule has 2 N–H and O–H groups in total. The first kappa shape index (κ1) is 13.9. The van der Waals surface area contributed by atoms with E-state index in [0.717, 1.165) is 29.7 Å². The SMILES string of the molecule is CC(C)CC1CCCC(N)(c2cccc(Cl)c2)C1. The molecule has 1 saturated carbocycles. The Morgan fingerprint density at radius 3 is 2.89 bits per heavy atom. The molecule has 0 saturated heterocycles. The summed E-state index contributed by atoms with van der Waals surface area (Å²) in [5.41, 5.74) is 7.70. The molecule has 1 nitrogen and oxygen atoms in total. The number of hydrogen-bond donors (Lipinski definition) is 1. The van der Waals surface area contributed by atoms with E-state index in [2.05, 4.69) is 19.9 Å². The zero-order valence-electron chi connectivity index (χ0n) is 11.5. The average molecular weight is 266 g/mol. The molecule has 2 unspecified atom stereocenters. The summed E-state index contributed by atoms with van der Waals surface area (Å²) in [6, 6.07) is 8.10. The van der Waals surface area contributed by atoms with Gasteiger partial charge < -0.3 is 5.73 Å². The predicted molar refractivity (Wildman–Crippen MR) is 78.7 cm³/mol. The molecule has 0 bridgehead atoms. The minimum Gasteiger partial charge on any atom is -0.321 e. The van der Waals surface area contributed by atoms with Gasteiger partial charge in [0.15, 0.2) is 0 Å². The molecule has 0 aromatic heterocycles. The van der Waals surface area contributed by atoms with Gasteiger partial charge in [-0.2, -0.15) is 0 Å². The highest BCUT2D eigenvalue weighted by atomic mass is 35.5. The summed E-state index contributed by atoms with van der Waals surface area (Å²) < 4.78 is 0. The van der Waals surface area contributed by atoms with Crippen molar-refractivity contribution in [3.8, 4) is 0 Å². The van der Waals surface area contributed by atoms with E-state index in [-0.39, 0.29) is 5.54 Å². The third-order valence-electron chi connectivity index (χ3n) is 4.09. The molecule has 1 aromatic rings. The van der Waals surface area contributed by atoms with Crippen molar-refractivity contribution >= 4 is 11.6 Å². The van der Waals surface area contributed by atoms with Crippen molar-refractivity contribution in [1.29, 1.82) is 0 Å². The number of hydrogen-bond acceptors (Lipinski definition) is 1. The third kappa shape index (κ3) is 3.27. The third-order valence-corrected chi connectivity index (χ3v) is 4.33. The van der Waals surface area contributed by atoms with E-state index in [1.807, 2.05) is 18.2 Å². The summed E-state index contributed by atoms with van der Waals surface area (Å²) in [7, 11) is 0. The van der Waals surface area contributed by atoms with E-state index < -0.39 is 0 Å². The molecule has 0 radical (unpaired) electrons. The van der Waals surface area contributed by atoms with Gasteiger partial charge in [0.25, 0.3) is 0 Å². The van der Waals surface area contributed by atoms with Gasteiger partial charge in [-0.15, -0.1) is 0 Å². The summed E-state index contributed by atoms with van der Waals surface area (Å²) in [5, 5.41) is 0.795. The fraction of sp³-hybridized carbons (Fsp3) is 0.625. The van der Waals surface area contributed by atoms with Crippen LogP contribution in [0.1, 0.15) is 51.5 Å². The Morgan fingerprint density at radius 2 is 2.22 bits per heavy atom. The quantitative estimate of drug-likeness (QED) is 0.840. The van der Waals surface area contributed by atoms with Gasteiger partial charge in [0.05, 0.1) is 0 Å². The number of nitrogens with two attached hydrogens (primary N) is 1. The van der Waals surface area contributed by atoms with E-state index in [0.29, 0.717) is 0 Å². The second-order valence-electron chi connectivity index (χ2n) is 6.26. The van der Waals surface area contributed by atoms with Crippen LogP contribution in [0.4, 0.5) is 0 Å². The fourth-order valence-corrected chi connectivity index (χ4v) is 3.54. The lowest BCUT2D eigenvalue weighted by Crippen LogP contribution is -2.41. The normalized spacial score (nSPS) is 28.6. The van der Waals surface area contributed by atoms with Crippen LogP contribution in [-0.2, 0) is 5.54 Å². The molecule has 0 amide bonds. The maximum Gasteiger partial charge on any atom is 0.0412 e. The van der Waals surface area contributed by atoms with Gasteiger partial charge in [-0.3, -0.25) is 0 Å². The summed E-state index contributed by atoms with van der Waals surface area (Å²) in [4.78, 5) is 0. The Morgan fingerprint density at radius 1 is 1.44 bits per heavy atom. The highest BCUT2D eigenvalue weighted by Gasteiger charge is 2.34. The van der Waals surface area contributed by atoms with E-state index in [4.69, 9.17) is 17.3 Å². The van der Waals surface area contributed by atoms with Gasteiger partial charge in [0.2, 0.25) is 0 Å². The fourth-order valence-electron chi connectivity index (χ4n) is 3.35. The second kappa shape index (κ2) is 5.63. The Labute approximate surface area is 116 Å². The first-order chi connectivity index (χ1) is 8.49. The Hall–Kier alpha value is -0.530. The van der Waals surface area contributed by atoms with Crippen LogP contribution < -0.4 is 5.73 Å². The first-order valence-electron chi connectivity index (χ1n) is 7.04. The monoisotopic (exact) mass is 265 g/mol. The van der Waals surface area contributed by atoms with Crippen LogP contribution in [-0.4, -0.2) is 0 Å². The molecule has 1 fully saturated rings. The highest BCUT2D eigenvalue weighted by Crippen LogP contribution is 2.40. The zero-order chi connectivity index (χ0) is 13.2. The van der Waals surface area contributed by atoms with E-state index >= 15 is 0 Å². The zero-order valence-corrected chi connectivity index (χ0v) is 12.2. The Kier molecular flexibility index (Phi) is 4.34. The van der Waals surface area contributed by atoms with Gasteiger partial charge in [-0.05, 0) is 48.8 Å². The minimum atomic E-state index is -0.164. The van der Waals surface area contributed by atoms with Crippen molar-refractivity contribution in [2.45, 2.75) is 51.5 Å². The van der Waals surface area contributed by atoms with Crippen LogP contribution in [0.2, 0.25) is 5.02 Å². The van der Waals surface area contributed by atoms with Crippen molar-refractivity contribution in [2.75, 3.05) is 0 Å². The second-order valence-corrected chi connectivity index (χ2v) is 6.69. The summed E-state index contributed by atoms with van der Waals surface area (Å²) in [5.74, 6) is 1.53. The lowest BCUT2D eigenvalue weighted by molar-refractivity contribution is 0.202. The molecule has 2 rings (SSSR count). The van der Waals surface area contributed by atoms with Crippen molar-refractivity contribution in [3.05, 3.63) is 34.9 Å². The average Bonchev–Trinajstić information content (AvgIpc) is 2.28. The van der Waals surface area contributed by atoms with Gasteiger partial charge in [-0.25, -0.2) is 0 Å². The van der Waals surface area contributed by atoms with Crippen molar-refractivity contribution < 1.29 is 0 Å². The number of halogens is 1. The first-order valence-corrected chi connectivity index (χ1v) is 7.42. The van der Waals surface area contributed by atoms with E-state index in [1.165, 1.54) is 24.8 Å². The highest BCUT2D eigenvalue weighted by molar-refractivity contribution is 6.30. The smallest absolute Gasteiger partial charge is 0.0412 e. The maximum absolute atomic E-state index is 6.66. The largest absolute Gasteiger partial charge is 0.321 e. The molecule has 2 heteroatoms. The van der Waals surface area contributed by atoms with Gasteiger partial charge in [0, 0.05) is 10.6 Å². The summed E-state index contributed by atoms with van der Waals surface area (Å²) in [6.07, 6.45) is 6.05. The molecule has 1 aromatic carbocycles. The Balaban J connectivity index is 2.15. The van der Waals surface area contributed by atoms with Gasteiger partial charge in [0.1, 0.15) is 0 Å². The molecule has 0 aliphatic heterocycles. The minimum absolute atomic E-state index is 0.164. The standard InChI is InChI=1S/C16H24ClN/c1-12(2)9-13-5-4-8-16(18,11-13)14-6-3-7-15(17)10-14/h3,6-7,10,12-13H,4-5,8-9,11,18H2,1-2H3. The Bertz CT molecular complexity index is 402. The molecule has 2 atom stereocenters. The van der Waals surface area contributed by atoms with Crippen LogP contribution in [0.5, 0.6) is 0 Å². The van der Waals surface area contributed by atoms with Crippen LogP contribution in [0.3, 0.4) is 0 Å². The van der Waals surface area contributed by atoms with Crippen LogP contribution in [0, 0.1) is 11.8 Å². The maximum atomic E-state index is 6.66. The van der Waals surface area contributed by atoms with Crippen LogP contribution in [0.25, 0.3) is 0 Å². The van der Waals surface area contributed by atoms with Crippen LogP contribution in [0.15, 0.2) is 24.3 Å². The van der Waals surface area contributed by atoms with Crippen LogP contribution >= 0.6 is 11.6 Å². The lowest BCUT2D eigenvalue weighted by Gasteiger charge is -2.39. The molecule has 0 heterocycles. The van der Waals surface area contributed by atoms with E-state index in [9.17, 15) is 0 Å². The molecule has 100 valence electrons. The number of rotatable bonds is 3. The van der Waals surface area contributed by atoms with Gasteiger partial charge in [-0.1, -0.05) is 50.4 Å². The molecule has 1 aliphatic carbocycles. The molecule has 1 aliphatic rings. The molecule has 0 spiro atoms. The van der Waals surface area contributed by atoms with Crippen molar-refractivity contribution in [1.82, 2.24) is 0 Å². The lowest BCUT2D eigenvalue weighted by atomic mass is 9.70. The summed E-state index contributed by atoms with van der Waals surface area (Å²) in [6.45, 7) is 4.60. The van der Waals surface area contributed by atoms with E-state index in [1.54, 1.807) is 0 Å². The molecule has 18 heavy (non-hydrogen) atoms. The predicted octanol–water partition coefficient (Wildman–Crippen LogP) is 4.73.